The van der Waals surface area contributed by atoms with E-state index in [-0.39, 0.29) is 17.7 Å². The van der Waals surface area contributed by atoms with E-state index in [1.54, 1.807) is 7.11 Å². The quantitative estimate of drug-likeness (QED) is 0.425. The molecule has 2 aromatic carbocycles. The fraction of sp³-hybridized carbons (Fsp3) is 0.435. The summed E-state index contributed by atoms with van der Waals surface area (Å²) in [5, 5.41) is 25.8. The zero-order chi connectivity index (χ0) is 22.1. The Morgan fingerprint density at radius 2 is 1.80 bits per heavy atom. The predicted molar refractivity (Wildman–Crippen MR) is 120 cm³/mol. The lowest BCUT2D eigenvalue weighted by Crippen LogP contribution is -2.49. The fourth-order valence-electron chi connectivity index (χ4n) is 3.27. The molecule has 2 aromatic rings. The van der Waals surface area contributed by atoms with Gasteiger partial charge in [-0.05, 0) is 42.5 Å². The zero-order valence-electron chi connectivity index (χ0n) is 18.3. The van der Waals surface area contributed by atoms with E-state index in [2.05, 4.69) is 10.6 Å². The summed E-state index contributed by atoms with van der Waals surface area (Å²) in [5.74, 6) is -0.0739. The zero-order valence-corrected chi connectivity index (χ0v) is 18.3. The summed E-state index contributed by atoms with van der Waals surface area (Å²) in [6, 6.07) is 15.5. The van der Waals surface area contributed by atoms with Crippen molar-refractivity contribution in [3.05, 3.63) is 65.2 Å². The maximum atomic E-state index is 12.8. The van der Waals surface area contributed by atoms with Crippen molar-refractivity contribution in [3.8, 4) is 5.75 Å². The molecule has 1 unspecified atom stereocenters. The number of carbonyl (C=O) groups is 1. The number of rotatable bonds is 11. The molecule has 0 aliphatic carbocycles. The minimum Gasteiger partial charge on any atom is -0.497 e. The van der Waals surface area contributed by atoms with Crippen LogP contribution in [0.4, 0.5) is 0 Å². The first kappa shape index (κ1) is 23.9. The highest BCUT2D eigenvalue weighted by Crippen LogP contribution is 2.15. The molecule has 0 fully saturated rings. The van der Waals surface area contributed by atoms with E-state index in [1.165, 1.54) is 0 Å². The molecule has 0 spiro atoms. The molecule has 30 heavy (non-hydrogen) atoms. The fourth-order valence-corrected chi connectivity index (χ4v) is 3.27. The molecule has 0 saturated heterocycles. The van der Waals surface area contributed by atoms with E-state index in [4.69, 9.17) is 4.74 Å². The third kappa shape index (κ3) is 7.48. The molecule has 0 radical (unpaired) electrons. The number of ether oxygens (including phenoxy) is 1. The average molecular weight is 412 g/mol. The van der Waals surface area contributed by atoms with Crippen molar-refractivity contribution in [2.24, 2.45) is 11.8 Å². The van der Waals surface area contributed by atoms with Crippen LogP contribution in [0.1, 0.15) is 30.5 Å². The van der Waals surface area contributed by atoms with Gasteiger partial charge in [-0.3, -0.25) is 4.79 Å². The topological polar surface area (TPSA) is 90.8 Å². The Morgan fingerprint density at radius 1 is 1.10 bits per heavy atom. The molecule has 0 bridgehead atoms. The second-order valence-electron chi connectivity index (χ2n) is 8.04. The minimum atomic E-state index is -1.51. The van der Waals surface area contributed by atoms with E-state index >= 15 is 0 Å². The molecule has 0 aliphatic heterocycles. The first-order chi connectivity index (χ1) is 14.3. The molecule has 6 nitrogen and oxygen atoms in total. The number of amides is 1. The van der Waals surface area contributed by atoms with Crippen LogP contribution in [-0.4, -0.2) is 42.7 Å². The number of hydrogen-bond donors (Lipinski definition) is 4. The highest BCUT2D eigenvalue weighted by atomic mass is 16.5. The first-order valence-electron chi connectivity index (χ1n) is 10.4. The van der Waals surface area contributed by atoms with Crippen LogP contribution in [0.3, 0.4) is 0 Å². The number of aryl methyl sites for hydroxylation is 1. The molecule has 7 heteroatoms. The van der Waals surface area contributed by atoms with Crippen molar-refractivity contribution in [1.82, 2.24) is 10.6 Å². The van der Waals surface area contributed by atoms with Gasteiger partial charge in [0.25, 0.3) is 0 Å². The Morgan fingerprint density at radius 3 is 2.40 bits per heavy atom. The summed E-state index contributed by atoms with van der Waals surface area (Å²) in [5.41, 5.74) is 3.12. The molecule has 2 rings (SSSR count). The molecule has 0 saturated carbocycles. The monoisotopic (exact) mass is 412 g/mol. The Hall–Kier alpha value is -2.35. The smallest absolute Gasteiger partial charge is 0.469 e. The predicted octanol–water partition coefficient (Wildman–Crippen LogP) is 2.10. The van der Waals surface area contributed by atoms with Gasteiger partial charge in [0.2, 0.25) is 5.91 Å². The molecular weight excluding hydrogens is 379 g/mol. The van der Waals surface area contributed by atoms with E-state index in [9.17, 15) is 14.8 Å². The van der Waals surface area contributed by atoms with Crippen molar-refractivity contribution in [1.29, 1.82) is 0 Å². The molecule has 4 N–H and O–H groups in total. The van der Waals surface area contributed by atoms with Gasteiger partial charge in [0.05, 0.1) is 13.0 Å². The van der Waals surface area contributed by atoms with Crippen LogP contribution < -0.4 is 15.4 Å². The normalized spacial score (nSPS) is 13.0. The second kappa shape index (κ2) is 11.7. The van der Waals surface area contributed by atoms with Gasteiger partial charge in [-0.25, -0.2) is 0 Å². The van der Waals surface area contributed by atoms with E-state index in [0.717, 1.165) is 22.4 Å². The molecule has 162 valence electrons. The highest BCUT2D eigenvalue weighted by Gasteiger charge is 2.27. The van der Waals surface area contributed by atoms with Crippen molar-refractivity contribution >= 4 is 13.0 Å². The van der Waals surface area contributed by atoms with Gasteiger partial charge in [-0.2, -0.15) is 0 Å². The Bertz CT molecular complexity index is 796. The van der Waals surface area contributed by atoms with Gasteiger partial charge in [0, 0.05) is 19.0 Å². The average Bonchev–Trinajstić information content (AvgIpc) is 2.72. The Kier molecular flexibility index (Phi) is 9.37. The molecule has 0 aliphatic rings. The lowest BCUT2D eigenvalue weighted by Gasteiger charge is -2.25. The summed E-state index contributed by atoms with van der Waals surface area (Å²) in [4.78, 5) is 12.8. The maximum absolute atomic E-state index is 12.8. The van der Waals surface area contributed by atoms with Crippen molar-refractivity contribution in [2.45, 2.75) is 39.7 Å². The SMILES string of the molecule is COc1cccc(CNC(=O)C(CN[C@@H](Cc2ccc(C)cc2)B(O)O)C(C)C)c1. The number of methoxy groups -OCH3 is 1. The van der Waals surface area contributed by atoms with Crippen LogP contribution in [0.2, 0.25) is 0 Å². The summed E-state index contributed by atoms with van der Waals surface area (Å²) in [6.07, 6.45) is 0.466. The third-order valence-electron chi connectivity index (χ3n) is 5.28. The van der Waals surface area contributed by atoms with Crippen LogP contribution in [0.25, 0.3) is 0 Å². The Labute approximate surface area is 179 Å². The largest absolute Gasteiger partial charge is 0.497 e. The van der Waals surface area contributed by atoms with Gasteiger partial charge < -0.3 is 25.4 Å². The molecule has 0 aromatic heterocycles. The van der Waals surface area contributed by atoms with Gasteiger partial charge in [-0.15, -0.1) is 0 Å². The van der Waals surface area contributed by atoms with Crippen molar-refractivity contribution in [2.75, 3.05) is 13.7 Å². The van der Waals surface area contributed by atoms with Gasteiger partial charge in [0.1, 0.15) is 5.75 Å². The van der Waals surface area contributed by atoms with Gasteiger partial charge >= 0.3 is 7.12 Å². The number of nitrogens with one attached hydrogen (secondary N) is 2. The van der Waals surface area contributed by atoms with Crippen LogP contribution >= 0.6 is 0 Å². The third-order valence-corrected chi connectivity index (χ3v) is 5.28. The number of benzene rings is 2. The van der Waals surface area contributed by atoms with Gasteiger partial charge in [-0.1, -0.05) is 55.8 Å². The highest BCUT2D eigenvalue weighted by molar-refractivity contribution is 6.43. The maximum Gasteiger partial charge on any atom is 0.469 e. The molecule has 1 amide bonds. The minimum absolute atomic E-state index is 0.0677. The molecule has 2 atom stereocenters. The summed E-state index contributed by atoms with van der Waals surface area (Å²) >= 11 is 0. The lowest BCUT2D eigenvalue weighted by molar-refractivity contribution is -0.126. The van der Waals surface area contributed by atoms with E-state index < -0.39 is 13.1 Å². The van der Waals surface area contributed by atoms with Crippen LogP contribution in [0.5, 0.6) is 5.75 Å². The molecule has 0 heterocycles. The second-order valence-corrected chi connectivity index (χ2v) is 8.04. The Balaban J connectivity index is 1.94. The first-order valence-corrected chi connectivity index (χ1v) is 10.4. The number of hydrogen-bond acceptors (Lipinski definition) is 5. The summed E-state index contributed by atoms with van der Waals surface area (Å²) in [7, 11) is 0.0970. The summed E-state index contributed by atoms with van der Waals surface area (Å²) in [6.45, 7) is 6.76. The van der Waals surface area contributed by atoms with Gasteiger partial charge in [0.15, 0.2) is 0 Å². The number of carbonyl (C=O) groups excluding carboxylic acids is 1. The van der Waals surface area contributed by atoms with Crippen LogP contribution in [0, 0.1) is 18.8 Å². The van der Waals surface area contributed by atoms with E-state index in [0.29, 0.717) is 19.5 Å². The van der Waals surface area contributed by atoms with Crippen molar-refractivity contribution in [3.63, 3.8) is 0 Å². The van der Waals surface area contributed by atoms with Crippen LogP contribution in [0.15, 0.2) is 48.5 Å². The molecular formula is C23H33BN2O4. The lowest BCUT2D eigenvalue weighted by atomic mass is 9.75. The van der Waals surface area contributed by atoms with E-state index in [1.807, 2.05) is 69.3 Å². The standard InChI is InChI=1S/C23H33BN2O4/c1-16(2)21(23(27)26-14-19-6-5-7-20(12-19)30-4)15-25-22(24(28)29)13-18-10-8-17(3)9-11-18/h5-12,16,21-22,25,28-29H,13-15H2,1-4H3,(H,26,27)/t21?,22-/m0/s1. The van der Waals surface area contributed by atoms with Crippen molar-refractivity contribution < 1.29 is 19.6 Å². The van der Waals surface area contributed by atoms with Crippen LogP contribution in [-0.2, 0) is 17.8 Å². The summed E-state index contributed by atoms with van der Waals surface area (Å²) < 4.78 is 5.22.